The Morgan fingerprint density at radius 2 is 1.76 bits per heavy atom. The predicted molar refractivity (Wildman–Crippen MR) is 128 cm³/mol. The summed E-state index contributed by atoms with van der Waals surface area (Å²) >= 11 is 0. The van der Waals surface area contributed by atoms with Crippen molar-refractivity contribution in [3.05, 3.63) is 59.7 Å². The Labute approximate surface area is 197 Å². The fraction of sp³-hybridized carbons (Fsp3) is 0.480. The first-order chi connectivity index (χ1) is 15.9. The number of aryl methyl sites for hydroxylation is 1. The summed E-state index contributed by atoms with van der Waals surface area (Å²) in [7, 11) is -2.26. The molecule has 4 rings (SSSR count). The van der Waals surface area contributed by atoms with Gasteiger partial charge < -0.3 is 9.64 Å². The lowest BCUT2D eigenvalue weighted by Gasteiger charge is -2.38. The zero-order chi connectivity index (χ0) is 23.4. The van der Waals surface area contributed by atoms with Gasteiger partial charge >= 0.3 is 0 Å². The maximum atomic E-state index is 13.4. The normalized spacial score (nSPS) is 20.5. The van der Waals surface area contributed by atoms with Crippen molar-refractivity contribution in [2.24, 2.45) is 5.92 Å². The number of ether oxygens (including phenoxy) is 1. The minimum atomic E-state index is -3.74. The molecule has 0 N–H and O–H groups in total. The van der Waals surface area contributed by atoms with Crippen LogP contribution in [0.5, 0.6) is 5.75 Å². The van der Waals surface area contributed by atoms with E-state index in [2.05, 4.69) is 17.0 Å². The molecule has 0 unspecified atom stereocenters. The quantitative estimate of drug-likeness (QED) is 0.648. The number of nitrogens with zero attached hydrogens (tertiary/aromatic N) is 3. The summed E-state index contributed by atoms with van der Waals surface area (Å²) in [6, 6.07) is 15.5. The Hall–Kier alpha value is -2.42. The Bertz CT molecular complexity index is 1070. The summed E-state index contributed by atoms with van der Waals surface area (Å²) in [5, 5.41) is 0. The highest BCUT2D eigenvalue weighted by Gasteiger charge is 2.37. The van der Waals surface area contributed by atoms with Gasteiger partial charge in [0.1, 0.15) is 10.6 Å². The molecule has 1 amide bonds. The van der Waals surface area contributed by atoms with Gasteiger partial charge in [-0.1, -0.05) is 36.4 Å². The number of rotatable bonds is 6. The van der Waals surface area contributed by atoms with Crippen LogP contribution in [0.15, 0.2) is 53.4 Å². The topological polar surface area (TPSA) is 70.2 Å². The van der Waals surface area contributed by atoms with E-state index in [1.54, 1.807) is 12.1 Å². The highest BCUT2D eigenvalue weighted by atomic mass is 32.2. The number of hydrogen-bond donors (Lipinski definition) is 0. The SMILES string of the molecule is COc1ccc(C)cc1S(=O)(=O)N1CCC[C@@H](C(=O)N2CCN(Cc3ccccc3)CC2)C1. The molecule has 2 aromatic carbocycles. The fourth-order valence-corrected chi connectivity index (χ4v) is 6.48. The van der Waals surface area contributed by atoms with E-state index in [0.29, 0.717) is 31.8 Å². The lowest BCUT2D eigenvalue weighted by atomic mass is 9.97. The number of sulfonamides is 1. The summed E-state index contributed by atoms with van der Waals surface area (Å²) in [6.45, 7) is 6.42. The standard InChI is InChI=1S/C25H33N3O4S/c1-20-10-11-23(32-2)24(17-20)33(30,31)28-12-6-9-22(19-28)25(29)27-15-13-26(14-16-27)18-21-7-4-3-5-8-21/h3-5,7-8,10-11,17,22H,6,9,12-16,18-19H2,1-2H3/t22-/m1/s1. The Morgan fingerprint density at radius 1 is 1.03 bits per heavy atom. The molecule has 2 aromatic rings. The van der Waals surface area contributed by atoms with E-state index in [-0.39, 0.29) is 23.3 Å². The first kappa shape index (κ1) is 23.7. The Kier molecular flexibility index (Phi) is 7.36. The molecule has 0 aliphatic carbocycles. The molecule has 33 heavy (non-hydrogen) atoms. The average Bonchev–Trinajstić information content (AvgIpc) is 2.85. The molecule has 0 saturated carbocycles. The molecule has 2 aliphatic rings. The Morgan fingerprint density at radius 3 is 2.45 bits per heavy atom. The summed E-state index contributed by atoms with van der Waals surface area (Å²) in [5.41, 5.74) is 2.13. The van der Waals surface area contributed by atoms with Crippen molar-refractivity contribution in [1.82, 2.24) is 14.1 Å². The van der Waals surface area contributed by atoms with Gasteiger partial charge in [-0.15, -0.1) is 0 Å². The van der Waals surface area contributed by atoms with E-state index in [4.69, 9.17) is 4.74 Å². The zero-order valence-corrected chi connectivity index (χ0v) is 20.3. The molecule has 8 heteroatoms. The number of hydrogen-bond acceptors (Lipinski definition) is 5. The predicted octanol–water partition coefficient (Wildman–Crippen LogP) is 2.75. The van der Waals surface area contributed by atoms with Crippen molar-refractivity contribution in [2.45, 2.75) is 31.2 Å². The van der Waals surface area contributed by atoms with E-state index >= 15 is 0 Å². The maximum absolute atomic E-state index is 13.4. The molecule has 0 spiro atoms. The van der Waals surface area contributed by atoms with Gasteiger partial charge in [0, 0.05) is 45.8 Å². The van der Waals surface area contributed by atoms with E-state index in [9.17, 15) is 13.2 Å². The maximum Gasteiger partial charge on any atom is 0.246 e. The third kappa shape index (κ3) is 5.39. The molecule has 2 saturated heterocycles. The number of carbonyl (C=O) groups is 1. The lowest BCUT2D eigenvalue weighted by Crippen LogP contribution is -2.52. The molecule has 2 heterocycles. The van der Waals surface area contributed by atoms with Crippen molar-refractivity contribution in [3.8, 4) is 5.75 Å². The van der Waals surface area contributed by atoms with Gasteiger partial charge in [0.05, 0.1) is 13.0 Å². The molecule has 7 nitrogen and oxygen atoms in total. The van der Waals surface area contributed by atoms with Crippen LogP contribution >= 0.6 is 0 Å². The van der Waals surface area contributed by atoms with Gasteiger partial charge in [0.25, 0.3) is 0 Å². The smallest absolute Gasteiger partial charge is 0.246 e. The van der Waals surface area contributed by atoms with Gasteiger partial charge in [-0.3, -0.25) is 9.69 Å². The van der Waals surface area contributed by atoms with Crippen molar-refractivity contribution < 1.29 is 17.9 Å². The van der Waals surface area contributed by atoms with Crippen LogP contribution in [0.2, 0.25) is 0 Å². The molecule has 178 valence electrons. The van der Waals surface area contributed by atoms with Gasteiger partial charge in [0.15, 0.2) is 0 Å². The van der Waals surface area contributed by atoms with Gasteiger partial charge in [-0.05, 0) is 43.0 Å². The molecule has 0 radical (unpaired) electrons. The second-order valence-electron chi connectivity index (χ2n) is 8.94. The highest BCUT2D eigenvalue weighted by molar-refractivity contribution is 7.89. The van der Waals surface area contributed by atoms with E-state index in [0.717, 1.165) is 31.6 Å². The molecule has 2 aliphatic heterocycles. The molecular formula is C25H33N3O4S. The summed E-state index contributed by atoms with van der Waals surface area (Å²) < 4.78 is 33.6. The van der Waals surface area contributed by atoms with Crippen molar-refractivity contribution in [2.75, 3.05) is 46.4 Å². The summed E-state index contributed by atoms with van der Waals surface area (Å²) in [5.74, 6) is 0.110. The fourth-order valence-electron chi connectivity index (χ4n) is 4.71. The van der Waals surface area contributed by atoms with Gasteiger partial charge in [-0.25, -0.2) is 8.42 Å². The monoisotopic (exact) mass is 471 g/mol. The number of piperazine rings is 1. The van der Waals surface area contributed by atoms with E-state index in [1.807, 2.05) is 36.1 Å². The minimum absolute atomic E-state index is 0.0745. The van der Waals surface area contributed by atoms with Gasteiger partial charge in [-0.2, -0.15) is 4.31 Å². The van der Waals surface area contributed by atoms with Crippen molar-refractivity contribution in [3.63, 3.8) is 0 Å². The van der Waals surface area contributed by atoms with Crippen LogP contribution in [0.25, 0.3) is 0 Å². The van der Waals surface area contributed by atoms with E-state index < -0.39 is 10.0 Å². The van der Waals surface area contributed by atoms with Crippen LogP contribution in [-0.2, 0) is 21.4 Å². The third-order valence-corrected chi connectivity index (χ3v) is 8.49. The molecule has 0 aromatic heterocycles. The first-order valence-electron chi connectivity index (χ1n) is 11.6. The first-order valence-corrected chi connectivity index (χ1v) is 13.0. The van der Waals surface area contributed by atoms with E-state index in [1.165, 1.54) is 17.0 Å². The highest BCUT2D eigenvalue weighted by Crippen LogP contribution is 2.31. The molecule has 2 fully saturated rings. The second-order valence-corrected chi connectivity index (χ2v) is 10.8. The van der Waals surface area contributed by atoms with Crippen molar-refractivity contribution >= 4 is 15.9 Å². The number of methoxy groups -OCH3 is 1. The minimum Gasteiger partial charge on any atom is -0.495 e. The van der Waals surface area contributed by atoms with Crippen LogP contribution < -0.4 is 4.74 Å². The van der Waals surface area contributed by atoms with Crippen LogP contribution in [-0.4, -0.2) is 74.8 Å². The lowest BCUT2D eigenvalue weighted by molar-refractivity contribution is -0.138. The van der Waals surface area contributed by atoms with Crippen LogP contribution in [0.4, 0.5) is 0 Å². The summed E-state index contributed by atoms with van der Waals surface area (Å²) in [4.78, 5) is 17.7. The largest absolute Gasteiger partial charge is 0.495 e. The molecule has 0 bridgehead atoms. The van der Waals surface area contributed by atoms with Crippen LogP contribution in [0, 0.1) is 12.8 Å². The number of amides is 1. The zero-order valence-electron chi connectivity index (χ0n) is 19.4. The third-order valence-electron chi connectivity index (χ3n) is 6.60. The number of piperidine rings is 1. The van der Waals surface area contributed by atoms with Gasteiger partial charge in [0.2, 0.25) is 15.9 Å². The molecular weight excluding hydrogens is 438 g/mol. The summed E-state index contributed by atoms with van der Waals surface area (Å²) in [6.07, 6.45) is 1.40. The molecule has 1 atom stereocenters. The van der Waals surface area contributed by atoms with Crippen molar-refractivity contribution in [1.29, 1.82) is 0 Å². The average molecular weight is 472 g/mol. The second kappa shape index (κ2) is 10.2. The van der Waals surface area contributed by atoms with Crippen LogP contribution in [0.3, 0.4) is 0 Å². The Balaban J connectivity index is 1.38. The number of benzene rings is 2. The number of carbonyl (C=O) groups excluding carboxylic acids is 1. The van der Waals surface area contributed by atoms with Crippen LogP contribution in [0.1, 0.15) is 24.0 Å².